The van der Waals surface area contributed by atoms with Gasteiger partial charge in [0.25, 0.3) is 5.91 Å². The average molecular weight is 369 g/mol. The molecule has 0 spiro atoms. The average Bonchev–Trinajstić information content (AvgIpc) is 2.70. The summed E-state index contributed by atoms with van der Waals surface area (Å²) in [5.41, 5.74) is 2.31. The number of amides is 1. The van der Waals surface area contributed by atoms with Crippen molar-refractivity contribution >= 4 is 17.6 Å². The molecule has 1 atom stereocenters. The zero-order valence-electron chi connectivity index (χ0n) is 16.2. The summed E-state index contributed by atoms with van der Waals surface area (Å²) in [5.74, 6) is 0.539. The van der Waals surface area contributed by atoms with E-state index in [0.29, 0.717) is 29.5 Å². The molecule has 0 bridgehead atoms. The van der Waals surface area contributed by atoms with Crippen molar-refractivity contribution < 1.29 is 19.1 Å². The van der Waals surface area contributed by atoms with Crippen LogP contribution in [0.2, 0.25) is 0 Å². The summed E-state index contributed by atoms with van der Waals surface area (Å²) in [7, 11) is 0. The zero-order chi connectivity index (χ0) is 19.6. The fourth-order valence-electron chi connectivity index (χ4n) is 2.44. The number of hydrogen-bond acceptors (Lipinski definition) is 4. The second-order valence-electron chi connectivity index (χ2n) is 6.43. The van der Waals surface area contributed by atoms with Crippen LogP contribution in [0.1, 0.15) is 55.5 Å². The van der Waals surface area contributed by atoms with Crippen molar-refractivity contribution in [1.29, 1.82) is 0 Å². The number of anilines is 1. The maximum Gasteiger partial charge on any atom is 0.338 e. The second-order valence-corrected chi connectivity index (χ2v) is 6.43. The number of hydrogen-bond donors (Lipinski definition) is 1. The van der Waals surface area contributed by atoms with Crippen molar-refractivity contribution in [3.8, 4) is 5.75 Å². The van der Waals surface area contributed by atoms with Gasteiger partial charge >= 0.3 is 5.97 Å². The zero-order valence-corrected chi connectivity index (χ0v) is 16.2. The van der Waals surface area contributed by atoms with Crippen molar-refractivity contribution in [3.63, 3.8) is 0 Å². The van der Waals surface area contributed by atoms with Gasteiger partial charge in [0.2, 0.25) is 0 Å². The topological polar surface area (TPSA) is 64.6 Å². The fraction of sp³-hybridized carbons (Fsp3) is 0.364. The summed E-state index contributed by atoms with van der Waals surface area (Å²) in [6.45, 7) is 6.59. The fourth-order valence-corrected chi connectivity index (χ4v) is 2.44. The lowest BCUT2D eigenvalue weighted by Crippen LogP contribution is -2.20. The predicted molar refractivity (Wildman–Crippen MR) is 106 cm³/mol. The summed E-state index contributed by atoms with van der Waals surface area (Å²) >= 11 is 0. The Kier molecular flexibility index (Phi) is 7.86. The lowest BCUT2D eigenvalue weighted by molar-refractivity contribution is -0.118. The van der Waals surface area contributed by atoms with E-state index in [2.05, 4.69) is 19.2 Å². The molecule has 0 aliphatic carbocycles. The molecule has 0 saturated heterocycles. The highest BCUT2D eigenvalue weighted by atomic mass is 16.5. The predicted octanol–water partition coefficient (Wildman–Crippen LogP) is 4.78. The third-order valence-electron chi connectivity index (χ3n) is 4.27. The molecule has 1 N–H and O–H groups in total. The molecule has 2 aromatic carbocycles. The van der Waals surface area contributed by atoms with Crippen molar-refractivity contribution in [1.82, 2.24) is 0 Å². The van der Waals surface area contributed by atoms with Crippen LogP contribution in [0.15, 0.2) is 48.5 Å². The van der Waals surface area contributed by atoms with Crippen LogP contribution < -0.4 is 10.1 Å². The Bertz CT molecular complexity index is 738. The summed E-state index contributed by atoms with van der Waals surface area (Å²) in [4.78, 5) is 23.8. The van der Waals surface area contributed by atoms with E-state index in [9.17, 15) is 9.59 Å². The molecule has 1 amide bonds. The Morgan fingerprint density at radius 2 is 1.67 bits per heavy atom. The molecule has 0 aliphatic rings. The van der Waals surface area contributed by atoms with Crippen LogP contribution in [0.5, 0.6) is 5.75 Å². The normalized spacial score (nSPS) is 11.5. The van der Waals surface area contributed by atoms with Gasteiger partial charge in [0.15, 0.2) is 6.61 Å². The Balaban J connectivity index is 1.82. The monoisotopic (exact) mass is 369 g/mol. The van der Waals surface area contributed by atoms with Crippen LogP contribution in [0, 0.1) is 0 Å². The SMILES string of the molecule is CCCOC(=O)c1ccc(NC(=O)COc2ccc(C(C)CC)cc2)cc1. The van der Waals surface area contributed by atoms with E-state index in [1.54, 1.807) is 24.3 Å². The van der Waals surface area contributed by atoms with E-state index < -0.39 is 0 Å². The molecule has 27 heavy (non-hydrogen) atoms. The molecule has 0 saturated carbocycles. The van der Waals surface area contributed by atoms with E-state index >= 15 is 0 Å². The number of nitrogens with one attached hydrogen (secondary N) is 1. The van der Waals surface area contributed by atoms with Crippen molar-refractivity contribution in [2.75, 3.05) is 18.5 Å². The molecule has 0 radical (unpaired) electrons. The van der Waals surface area contributed by atoms with E-state index in [1.165, 1.54) is 5.56 Å². The number of carbonyl (C=O) groups excluding carboxylic acids is 2. The Labute approximate surface area is 160 Å². The molecular weight excluding hydrogens is 342 g/mol. The van der Waals surface area contributed by atoms with Gasteiger partial charge in [0.1, 0.15) is 5.75 Å². The molecule has 0 aromatic heterocycles. The maximum atomic E-state index is 12.0. The third-order valence-corrected chi connectivity index (χ3v) is 4.27. The van der Waals surface area contributed by atoms with Gasteiger partial charge in [0.05, 0.1) is 12.2 Å². The molecule has 5 nitrogen and oxygen atoms in total. The summed E-state index contributed by atoms with van der Waals surface area (Å²) < 4.78 is 10.6. The largest absolute Gasteiger partial charge is 0.484 e. The van der Waals surface area contributed by atoms with Gasteiger partial charge in [-0.3, -0.25) is 4.79 Å². The molecule has 2 rings (SSSR count). The highest BCUT2D eigenvalue weighted by Crippen LogP contribution is 2.21. The first-order valence-electron chi connectivity index (χ1n) is 9.33. The lowest BCUT2D eigenvalue weighted by atomic mass is 9.99. The first-order valence-corrected chi connectivity index (χ1v) is 9.33. The van der Waals surface area contributed by atoms with E-state index in [0.717, 1.165) is 12.8 Å². The van der Waals surface area contributed by atoms with Gasteiger partial charge in [-0.25, -0.2) is 4.79 Å². The number of benzene rings is 2. The molecule has 144 valence electrons. The molecular formula is C22H27NO4. The summed E-state index contributed by atoms with van der Waals surface area (Å²) in [6, 6.07) is 14.4. The standard InChI is InChI=1S/C22H27NO4/c1-4-14-26-22(25)18-6-10-19(11-7-18)23-21(24)15-27-20-12-8-17(9-13-20)16(3)5-2/h6-13,16H,4-5,14-15H2,1-3H3,(H,23,24). The summed E-state index contributed by atoms with van der Waals surface area (Å²) in [5, 5.41) is 2.74. The number of rotatable bonds is 9. The van der Waals surface area contributed by atoms with Crippen LogP contribution in [-0.2, 0) is 9.53 Å². The highest BCUT2D eigenvalue weighted by Gasteiger charge is 2.08. The van der Waals surface area contributed by atoms with Crippen molar-refractivity contribution in [3.05, 3.63) is 59.7 Å². The number of esters is 1. The minimum atomic E-state index is -0.362. The van der Waals surface area contributed by atoms with Crippen LogP contribution >= 0.6 is 0 Å². The Morgan fingerprint density at radius 3 is 2.26 bits per heavy atom. The molecule has 0 fully saturated rings. The quantitative estimate of drug-likeness (QED) is 0.646. The molecule has 5 heteroatoms. The van der Waals surface area contributed by atoms with Gasteiger partial charge in [-0.1, -0.05) is 32.9 Å². The second kappa shape index (κ2) is 10.4. The van der Waals surface area contributed by atoms with Crippen LogP contribution in [0.3, 0.4) is 0 Å². The Morgan fingerprint density at radius 1 is 1.00 bits per heavy atom. The van der Waals surface area contributed by atoms with Gasteiger partial charge in [-0.2, -0.15) is 0 Å². The van der Waals surface area contributed by atoms with E-state index in [-0.39, 0.29) is 18.5 Å². The highest BCUT2D eigenvalue weighted by molar-refractivity contribution is 5.93. The van der Waals surface area contributed by atoms with Gasteiger partial charge in [0, 0.05) is 5.69 Å². The molecule has 2 aromatic rings. The van der Waals surface area contributed by atoms with Gasteiger partial charge in [-0.15, -0.1) is 0 Å². The summed E-state index contributed by atoms with van der Waals surface area (Å²) in [6.07, 6.45) is 1.86. The first kappa shape index (κ1) is 20.5. The van der Waals surface area contributed by atoms with Crippen LogP contribution in [0.25, 0.3) is 0 Å². The van der Waals surface area contributed by atoms with Crippen molar-refractivity contribution in [2.45, 2.75) is 39.5 Å². The van der Waals surface area contributed by atoms with Gasteiger partial charge < -0.3 is 14.8 Å². The van der Waals surface area contributed by atoms with Crippen LogP contribution in [-0.4, -0.2) is 25.1 Å². The Hall–Kier alpha value is -2.82. The van der Waals surface area contributed by atoms with Gasteiger partial charge in [-0.05, 0) is 60.7 Å². The molecule has 1 unspecified atom stereocenters. The lowest BCUT2D eigenvalue weighted by Gasteiger charge is -2.11. The van der Waals surface area contributed by atoms with Crippen molar-refractivity contribution in [2.24, 2.45) is 0 Å². The minimum absolute atomic E-state index is 0.0804. The molecule has 0 aliphatic heterocycles. The molecule has 0 heterocycles. The first-order chi connectivity index (χ1) is 13.0. The number of ether oxygens (including phenoxy) is 2. The third kappa shape index (κ3) is 6.44. The van der Waals surface area contributed by atoms with E-state index in [1.807, 2.05) is 31.2 Å². The smallest absolute Gasteiger partial charge is 0.338 e. The maximum absolute atomic E-state index is 12.0. The van der Waals surface area contributed by atoms with Crippen LogP contribution in [0.4, 0.5) is 5.69 Å². The number of carbonyl (C=O) groups is 2. The minimum Gasteiger partial charge on any atom is -0.484 e. The van der Waals surface area contributed by atoms with E-state index in [4.69, 9.17) is 9.47 Å².